The summed E-state index contributed by atoms with van der Waals surface area (Å²) in [6, 6.07) is 71.6. The summed E-state index contributed by atoms with van der Waals surface area (Å²) in [5.74, 6) is 2.32. The summed E-state index contributed by atoms with van der Waals surface area (Å²) in [7, 11) is 0. The molecule has 2 heterocycles. The molecule has 0 bridgehead atoms. The topological polar surface area (TPSA) is 14.2 Å². The summed E-state index contributed by atoms with van der Waals surface area (Å²) in [6.45, 7) is 0. The van der Waals surface area contributed by atoms with E-state index in [1.165, 1.54) is 98.3 Å². The highest BCUT2D eigenvalue weighted by Gasteiger charge is 2.42. The van der Waals surface area contributed by atoms with Crippen LogP contribution in [0.5, 0.6) is 5.75 Å². The lowest BCUT2D eigenvalue weighted by molar-refractivity contribution is 0.417. The Morgan fingerprint density at radius 2 is 0.955 bits per heavy atom. The summed E-state index contributed by atoms with van der Waals surface area (Å²) in [4.78, 5) is 0. The quantitative estimate of drug-likeness (QED) is 0.158. The predicted molar refractivity (Wildman–Crippen MR) is 273 cm³/mol. The van der Waals surface area contributed by atoms with Crippen molar-refractivity contribution in [3.8, 4) is 22.6 Å². The molecule has 4 unspecified atom stereocenters. The van der Waals surface area contributed by atoms with Crippen LogP contribution >= 0.6 is 0 Å². The van der Waals surface area contributed by atoms with E-state index in [4.69, 9.17) is 4.74 Å². The zero-order valence-electron chi connectivity index (χ0n) is 36.2. The minimum Gasteiger partial charge on any atom is -0.461 e. The van der Waals surface area contributed by atoms with Crippen LogP contribution < -0.4 is 15.2 Å². The lowest BCUT2D eigenvalue weighted by Crippen LogP contribution is -2.40. The Bertz CT molecular complexity index is 3860. The standard InChI is InChI=1S/C64H43NO/c1-3-20-40(21-4-1)58-42-24-7-9-26-44(42)60(45-27-10-8-25-43(45)58)52-34-18-38-56-63(52)64-53(35-19-39-57(64)66-56)61-48-30-13-11-28-46(48)59(47-29-12-14-31-49(47)61)51-33-17-37-55-62(51)50-32-15-16-36-54(50)65(55)41-22-5-2-6-23-41/h1-39,42,44,53,64H. The van der Waals surface area contributed by atoms with Gasteiger partial charge < -0.3 is 9.30 Å². The average Bonchev–Trinajstić information content (AvgIpc) is 3.94. The molecular weight excluding hydrogens is 799 g/mol. The summed E-state index contributed by atoms with van der Waals surface area (Å²) in [6.07, 6.45) is 16.2. The minimum atomic E-state index is -0.0214. The van der Waals surface area contributed by atoms with Crippen molar-refractivity contribution in [2.75, 3.05) is 0 Å². The lowest BCUT2D eigenvalue weighted by Gasteiger charge is -2.35. The maximum absolute atomic E-state index is 7.01. The molecular formula is C64H43NO. The van der Waals surface area contributed by atoms with Crippen LogP contribution in [0.25, 0.3) is 71.3 Å². The third-order valence-electron chi connectivity index (χ3n) is 14.8. The first-order valence-corrected chi connectivity index (χ1v) is 23.3. The van der Waals surface area contributed by atoms with Gasteiger partial charge in [-0.15, -0.1) is 0 Å². The van der Waals surface area contributed by atoms with Crippen molar-refractivity contribution in [3.05, 3.63) is 275 Å². The van der Waals surface area contributed by atoms with Crippen LogP contribution in [0.15, 0.2) is 242 Å². The Morgan fingerprint density at radius 3 is 1.70 bits per heavy atom. The van der Waals surface area contributed by atoms with Gasteiger partial charge >= 0.3 is 0 Å². The fourth-order valence-corrected chi connectivity index (χ4v) is 12.3. The second-order valence-corrected chi connectivity index (χ2v) is 18.1. The predicted octanol–water partition coefficient (Wildman–Crippen LogP) is 14.2. The van der Waals surface area contributed by atoms with Crippen molar-refractivity contribution in [2.45, 2.75) is 11.8 Å². The molecule has 66 heavy (non-hydrogen) atoms. The van der Waals surface area contributed by atoms with Gasteiger partial charge in [-0.05, 0) is 107 Å². The number of rotatable bonds is 5. The first-order valence-electron chi connectivity index (χ1n) is 23.3. The van der Waals surface area contributed by atoms with Gasteiger partial charge in [0.2, 0.25) is 0 Å². The number of hydrogen-bond donors (Lipinski definition) is 0. The van der Waals surface area contributed by atoms with Gasteiger partial charge in [-0.25, -0.2) is 0 Å². The van der Waals surface area contributed by atoms with Crippen molar-refractivity contribution in [1.29, 1.82) is 0 Å². The van der Waals surface area contributed by atoms with Crippen LogP contribution in [0.2, 0.25) is 0 Å². The Hall–Kier alpha value is -8.20. The van der Waals surface area contributed by atoms with Gasteiger partial charge in [0.05, 0.1) is 17.0 Å². The van der Waals surface area contributed by atoms with Gasteiger partial charge in [0.25, 0.3) is 0 Å². The van der Waals surface area contributed by atoms with Gasteiger partial charge in [-0.1, -0.05) is 200 Å². The molecule has 4 atom stereocenters. The van der Waals surface area contributed by atoms with E-state index in [1.807, 2.05) is 0 Å². The normalized spacial score (nSPS) is 19.2. The fourth-order valence-electron chi connectivity index (χ4n) is 12.3. The van der Waals surface area contributed by atoms with Gasteiger partial charge in [0.15, 0.2) is 0 Å². The Kier molecular flexibility index (Phi) is 8.27. The summed E-state index contributed by atoms with van der Waals surface area (Å²) >= 11 is 0. The molecule has 10 aromatic rings. The van der Waals surface area contributed by atoms with E-state index < -0.39 is 0 Å². The van der Waals surface area contributed by atoms with Crippen molar-refractivity contribution >= 4 is 54.5 Å². The number of para-hydroxylation sites is 2. The van der Waals surface area contributed by atoms with E-state index in [-0.39, 0.29) is 23.7 Å². The Morgan fingerprint density at radius 1 is 0.394 bits per heavy atom. The number of hydrogen-bond acceptors (Lipinski definition) is 1. The van der Waals surface area contributed by atoms with Gasteiger partial charge in [0.1, 0.15) is 11.5 Å². The smallest absolute Gasteiger partial charge is 0.131 e. The molecule has 1 aromatic heterocycles. The van der Waals surface area contributed by atoms with E-state index >= 15 is 0 Å². The molecule has 4 aliphatic rings. The molecule has 9 aromatic carbocycles. The highest BCUT2D eigenvalue weighted by Crippen LogP contribution is 2.57. The SMILES string of the molecule is C1=CC2C(c3ccccc3)=c3ccccc3=C(c3cccc4c3C3C(=CC=CC3c3c5ccccc5c(-c5cccc6c5c5ccccc5n6-c5ccccc5)c5ccccc35)O4)C2C=C1. The second kappa shape index (κ2) is 14.7. The second-order valence-electron chi connectivity index (χ2n) is 18.1. The maximum Gasteiger partial charge on any atom is 0.131 e. The first kappa shape index (κ1) is 37.2. The van der Waals surface area contributed by atoms with E-state index in [0.717, 1.165) is 17.2 Å². The largest absolute Gasteiger partial charge is 0.461 e. The molecule has 3 aliphatic carbocycles. The van der Waals surface area contributed by atoms with Crippen LogP contribution in [0.4, 0.5) is 0 Å². The number of fused-ring (bicyclic) bond motifs is 10. The van der Waals surface area contributed by atoms with Crippen molar-refractivity contribution < 1.29 is 4.74 Å². The minimum absolute atomic E-state index is 0.00973. The van der Waals surface area contributed by atoms with Crippen LogP contribution in [0.3, 0.4) is 0 Å². The van der Waals surface area contributed by atoms with Gasteiger partial charge in [-0.2, -0.15) is 0 Å². The zero-order chi connectivity index (χ0) is 43.3. The van der Waals surface area contributed by atoms with E-state index in [0.29, 0.717) is 0 Å². The Labute approximate surface area is 383 Å². The molecule has 2 nitrogen and oxygen atoms in total. The third kappa shape index (κ3) is 5.36. The van der Waals surface area contributed by atoms with Crippen molar-refractivity contribution in [3.63, 3.8) is 0 Å². The van der Waals surface area contributed by atoms with Crippen molar-refractivity contribution in [1.82, 2.24) is 4.57 Å². The maximum atomic E-state index is 7.01. The third-order valence-corrected chi connectivity index (χ3v) is 14.8. The Balaban J connectivity index is 1.02. The molecule has 310 valence electrons. The molecule has 0 saturated carbocycles. The molecule has 0 spiro atoms. The molecule has 14 rings (SSSR count). The number of aromatic nitrogens is 1. The van der Waals surface area contributed by atoms with Crippen LogP contribution in [-0.2, 0) is 0 Å². The molecule has 0 saturated heterocycles. The number of ether oxygens (including phenoxy) is 1. The monoisotopic (exact) mass is 841 g/mol. The fraction of sp³-hybridized carbons (Fsp3) is 0.0625. The van der Waals surface area contributed by atoms with Crippen LogP contribution in [0.1, 0.15) is 34.1 Å². The van der Waals surface area contributed by atoms with E-state index in [2.05, 4.69) is 241 Å². The summed E-state index contributed by atoms with van der Waals surface area (Å²) in [5.41, 5.74) is 14.0. The highest BCUT2D eigenvalue weighted by molar-refractivity contribution is 6.23. The zero-order valence-corrected chi connectivity index (χ0v) is 36.2. The molecule has 0 N–H and O–H groups in total. The molecule has 0 amide bonds. The molecule has 0 fully saturated rings. The molecule has 0 radical (unpaired) electrons. The first-order chi connectivity index (χ1) is 32.8. The number of benzene rings is 9. The van der Waals surface area contributed by atoms with Crippen LogP contribution in [0, 0.1) is 11.8 Å². The van der Waals surface area contributed by atoms with E-state index in [9.17, 15) is 0 Å². The highest BCUT2D eigenvalue weighted by atomic mass is 16.5. The number of nitrogens with zero attached hydrogens (tertiary/aromatic N) is 1. The van der Waals surface area contributed by atoms with E-state index in [1.54, 1.807) is 0 Å². The van der Waals surface area contributed by atoms with Gasteiger partial charge in [-0.3, -0.25) is 0 Å². The number of allylic oxidation sites excluding steroid dienone is 8. The average molecular weight is 842 g/mol. The summed E-state index contributed by atoms with van der Waals surface area (Å²) in [5, 5.41) is 10.2. The lowest BCUT2D eigenvalue weighted by atomic mass is 9.67. The molecule has 2 heteroatoms. The van der Waals surface area contributed by atoms with Crippen molar-refractivity contribution in [2.24, 2.45) is 11.8 Å². The summed E-state index contributed by atoms with van der Waals surface area (Å²) < 4.78 is 9.43. The van der Waals surface area contributed by atoms with Gasteiger partial charge in [0, 0.05) is 39.8 Å². The van der Waals surface area contributed by atoms with Crippen LogP contribution in [-0.4, -0.2) is 4.57 Å². The molecule has 1 aliphatic heterocycles.